The fraction of sp³-hybridized carbons (Fsp3) is 0.333. The van der Waals surface area contributed by atoms with Gasteiger partial charge in [0.25, 0.3) is 0 Å². The Morgan fingerprint density at radius 3 is 2.89 bits per heavy atom. The van der Waals surface area contributed by atoms with Crippen LogP contribution in [0, 0.1) is 3.57 Å². The van der Waals surface area contributed by atoms with Crippen molar-refractivity contribution in [2.45, 2.75) is 13.0 Å². The van der Waals surface area contributed by atoms with Gasteiger partial charge in [-0.2, -0.15) is 0 Å². The van der Waals surface area contributed by atoms with E-state index >= 15 is 0 Å². The van der Waals surface area contributed by atoms with Crippen LogP contribution in [-0.2, 0) is 7.05 Å². The fourth-order valence-corrected chi connectivity index (χ4v) is 2.86. The molecule has 6 heteroatoms. The van der Waals surface area contributed by atoms with Crippen molar-refractivity contribution < 1.29 is 0 Å². The minimum atomic E-state index is 0.0964. The number of hydrogen-bond acceptors (Lipinski definition) is 3. The van der Waals surface area contributed by atoms with Gasteiger partial charge in [-0.25, -0.2) is 0 Å². The lowest BCUT2D eigenvalue weighted by Crippen LogP contribution is -2.24. The van der Waals surface area contributed by atoms with Crippen LogP contribution in [0.5, 0.6) is 0 Å². The zero-order valence-corrected chi connectivity index (χ0v) is 13.9. The quantitative estimate of drug-likeness (QED) is 0.773. The summed E-state index contributed by atoms with van der Waals surface area (Å²) in [6.45, 7) is 2.98. The minimum absolute atomic E-state index is 0.0964. The average molecular weight is 421 g/mol. The molecular formula is C12H14BrIN4. The Morgan fingerprint density at radius 1 is 1.50 bits per heavy atom. The van der Waals surface area contributed by atoms with Gasteiger partial charge >= 0.3 is 0 Å². The van der Waals surface area contributed by atoms with E-state index in [1.54, 1.807) is 10.9 Å². The molecule has 96 valence electrons. The monoisotopic (exact) mass is 420 g/mol. The van der Waals surface area contributed by atoms with Crippen molar-refractivity contribution >= 4 is 38.5 Å². The summed E-state index contributed by atoms with van der Waals surface area (Å²) in [7, 11) is 1.91. The van der Waals surface area contributed by atoms with Crippen LogP contribution < -0.4 is 5.32 Å². The van der Waals surface area contributed by atoms with Crippen molar-refractivity contribution in [3.05, 3.63) is 43.7 Å². The Labute approximate surface area is 128 Å². The van der Waals surface area contributed by atoms with Crippen LogP contribution in [0.4, 0.5) is 0 Å². The molecule has 1 unspecified atom stereocenters. The second-order valence-electron chi connectivity index (χ2n) is 3.94. The lowest BCUT2D eigenvalue weighted by Gasteiger charge is -2.19. The van der Waals surface area contributed by atoms with Crippen LogP contribution in [0.25, 0.3) is 0 Å². The summed E-state index contributed by atoms with van der Waals surface area (Å²) in [6, 6.07) is 6.42. The topological polar surface area (TPSA) is 42.7 Å². The smallest absolute Gasteiger partial charge is 0.0799 e. The van der Waals surface area contributed by atoms with E-state index in [4.69, 9.17) is 0 Å². The number of nitrogens with zero attached hydrogens (tertiary/aromatic N) is 3. The summed E-state index contributed by atoms with van der Waals surface area (Å²) < 4.78 is 4.11. The van der Waals surface area contributed by atoms with E-state index in [0.29, 0.717) is 0 Å². The molecule has 0 amide bonds. The Morgan fingerprint density at radius 2 is 2.28 bits per heavy atom. The SMILES string of the molecule is CCNC(c1cc(I)ccc1Br)c1cnnn1C. The molecule has 0 aliphatic rings. The molecule has 18 heavy (non-hydrogen) atoms. The van der Waals surface area contributed by atoms with E-state index in [-0.39, 0.29) is 6.04 Å². The van der Waals surface area contributed by atoms with Gasteiger partial charge < -0.3 is 5.32 Å². The number of halogens is 2. The predicted molar refractivity (Wildman–Crippen MR) is 83.4 cm³/mol. The number of rotatable bonds is 4. The molecule has 1 aromatic carbocycles. The van der Waals surface area contributed by atoms with Gasteiger partial charge in [-0.3, -0.25) is 4.68 Å². The highest BCUT2D eigenvalue weighted by Crippen LogP contribution is 2.29. The second kappa shape index (κ2) is 6.12. The predicted octanol–water partition coefficient (Wildman–Crippen LogP) is 2.88. The average Bonchev–Trinajstić information content (AvgIpc) is 2.76. The van der Waals surface area contributed by atoms with Gasteiger partial charge in [0.05, 0.1) is 17.9 Å². The lowest BCUT2D eigenvalue weighted by atomic mass is 10.0. The number of benzene rings is 1. The molecule has 4 nitrogen and oxygen atoms in total. The highest BCUT2D eigenvalue weighted by atomic mass is 127. The molecule has 0 spiro atoms. The van der Waals surface area contributed by atoms with E-state index in [9.17, 15) is 0 Å². The Bertz CT molecular complexity index is 541. The van der Waals surface area contributed by atoms with Crippen LogP contribution in [0.15, 0.2) is 28.9 Å². The van der Waals surface area contributed by atoms with Gasteiger partial charge in [0.1, 0.15) is 0 Å². The molecular weight excluding hydrogens is 407 g/mol. The zero-order valence-electron chi connectivity index (χ0n) is 10.2. The number of aromatic nitrogens is 3. The van der Waals surface area contributed by atoms with Crippen LogP contribution in [0.2, 0.25) is 0 Å². The van der Waals surface area contributed by atoms with Crippen LogP contribution >= 0.6 is 38.5 Å². The first-order valence-corrected chi connectivity index (χ1v) is 7.53. The maximum Gasteiger partial charge on any atom is 0.0799 e. The molecule has 0 fully saturated rings. The Kier molecular flexibility index (Phi) is 4.74. The molecule has 0 saturated heterocycles. The van der Waals surface area contributed by atoms with Crippen LogP contribution in [-0.4, -0.2) is 21.5 Å². The minimum Gasteiger partial charge on any atom is -0.305 e. The van der Waals surface area contributed by atoms with Crippen molar-refractivity contribution in [2.75, 3.05) is 6.54 Å². The van der Waals surface area contributed by atoms with Crippen molar-refractivity contribution in [1.82, 2.24) is 20.3 Å². The Hall–Kier alpha value is -0.470. The molecule has 0 bridgehead atoms. The summed E-state index contributed by atoms with van der Waals surface area (Å²) >= 11 is 5.94. The van der Waals surface area contributed by atoms with Gasteiger partial charge in [-0.05, 0) is 52.9 Å². The first-order chi connectivity index (χ1) is 8.63. The Balaban J connectivity index is 2.48. The van der Waals surface area contributed by atoms with Gasteiger partial charge in [0.2, 0.25) is 0 Å². The highest BCUT2D eigenvalue weighted by molar-refractivity contribution is 14.1. The summed E-state index contributed by atoms with van der Waals surface area (Å²) in [5, 5.41) is 11.4. The van der Waals surface area contributed by atoms with Gasteiger partial charge in [-0.1, -0.05) is 28.1 Å². The van der Waals surface area contributed by atoms with Gasteiger partial charge in [0, 0.05) is 15.1 Å². The van der Waals surface area contributed by atoms with E-state index < -0.39 is 0 Å². The highest BCUT2D eigenvalue weighted by Gasteiger charge is 2.19. The maximum absolute atomic E-state index is 4.01. The molecule has 0 aliphatic heterocycles. The maximum atomic E-state index is 4.01. The standard InChI is InChI=1S/C12H14BrIN4/c1-3-15-12(11-7-16-17-18(11)2)9-6-8(14)4-5-10(9)13/h4-7,12,15H,3H2,1-2H3. The molecule has 1 atom stereocenters. The van der Waals surface area contributed by atoms with Gasteiger partial charge in [-0.15, -0.1) is 5.10 Å². The molecule has 1 aromatic heterocycles. The van der Waals surface area contributed by atoms with E-state index in [1.165, 1.54) is 9.13 Å². The van der Waals surface area contributed by atoms with Gasteiger partial charge in [0.15, 0.2) is 0 Å². The molecule has 1 heterocycles. The van der Waals surface area contributed by atoms with Crippen LogP contribution in [0.1, 0.15) is 24.2 Å². The molecule has 2 rings (SSSR count). The van der Waals surface area contributed by atoms with Crippen molar-refractivity contribution in [2.24, 2.45) is 7.05 Å². The van der Waals surface area contributed by atoms with Crippen LogP contribution in [0.3, 0.4) is 0 Å². The van der Waals surface area contributed by atoms with E-state index in [2.05, 4.69) is 79.3 Å². The van der Waals surface area contributed by atoms with Crippen molar-refractivity contribution in [3.8, 4) is 0 Å². The number of nitrogens with one attached hydrogen (secondary N) is 1. The van der Waals surface area contributed by atoms with E-state index in [1.807, 2.05) is 7.05 Å². The third-order valence-electron chi connectivity index (χ3n) is 2.72. The van der Waals surface area contributed by atoms with Crippen molar-refractivity contribution in [3.63, 3.8) is 0 Å². The third kappa shape index (κ3) is 2.92. The zero-order chi connectivity index (χ0) is 13.1. The molecule has 1 N–H and O–H groups in total. The first kappa shape index (κ1) is 14.0. The summed E-state index contributed by atoms with van der Waals surface area (Å²) in [5.74, 6) is 0. The third-order valence-corrected chi connectivity index (χ3v) is 4.12. The summed E-state index contributed by atoms with van der Waals surface area (Å²) in [5.41, 5.74) is 2.26. The van der Waals surface area contributed by atoms with E-state index in [0.717, 1.165) is 16.7 Å². The number of hydrogen-bond donors (Lipinski definition) is 1. The first-order valence-electron chi connectivity index (χ1n) is 5.66. The largest absolute Gasteiger partial charge is 0.305 e. The van der Waals surface area contributed by atoms with Crippen molar-refractivity contribution in [1.29, 1.82) is 0 Å². The lowest BCUT2D eigenvalue weighted by molar-refractivity contribution is 0.566. The summed E-state index contributed by atoms with van der Waals surface area (Å²) in [4.78, 5) is 0. The summed E-state index contributed by atoms with van der Waals surface area (Å²) in [6.07, 6.45) is 1.81. The number of aryl methyl sites for hydroxylation is 1. The normalized spacial score (nSPS) is 12.7. The molecule has 2 aromatic rings. The molecule has 0 aliphatic carbocycles. The fourth-order valence-electron chi connectivity index (χ4n) is 1.87. The molecule has 0 saturated carbocycles. The molecule has 0 radical (unpaired) electrons. The second-order valence-corrected chi connectivity index (χ2v) is 6.04.